The molecule has 3 N–H and O–H groups in total. The highest BCUT2D eigenvalue weighted by Gasteiger charge is 2.34. The molecule has 1 amide bonds. The third-order valence-electron chi connectivity index (χ3n) is 2.47. The molecule has 0 aromatic heterocycles. The van der Waals surface area contributed by atoms with Crippen LogP contribution >= 0.6 is 11.6 Å². The van der Waals surface area contributed by atoms with Crippen LogP contribution in [0.4, 0.5) is 19.3 Å². The maximum absolute atomic E-state index is 14.0. The maximum atomic E-state index is 14.0. The molecular formula is C14H19ClF2N2O2. The molecule has 0 atom stereocenters. The molecule has 4 nitrogen and oxygen atoms in total. The van der Waals surface area contributed by atoms with E-state index in [1.807, 2.05) is 0 Å². The summed E-state index contributed by atoms with van der Waals surface area (Å²) in [6, 6.07) is 3.76. The van der Waals surface area contributed by atoms with Gasteiger partial charge in [-0.25, -0.2) is 13.6 Å². The minimum atomic E-state index is -3.16. The van der Waals surface area contributed by atoms with Crippen LogP contribution in [0, 0.1) is 0 Å². The van der Waals surface area contributed by atoms with E-state index in [4.69, 9.17) is 22.1 Å². The lowest BCUT2D eigenvalue weighted by atomic mass is 10.0. The molecule has 0 radical (unpaired) electrons. The number of alkyl halides is 2. The second-order valence-corrected chi connectivity index (χ2v) is 6.00. The Bertz CT molecular complexity index is 516. The van der Waals surface area contributed by atoms with E-state index in [1.54, 1.807) is 20.8 Å². The molecule has 0 heterocycles. The topological polar surface area (TPSA) is 64.3 Å². The standard InChI is InChI=1S/C14H19ClF2N2O2/c1-13(2,3)21-12(20)19-11-8-9(15)4-5-10(11)14(16,17)6-7-18/h4-5,8H,6-7,18H2,1-3H3,(H,19,20). The third kappa shape index (κ3) is 5.47. The highest BCUT2D eigenvalue weighted by molar-refractivity contribution is 6.31. The minimum absolute atomic E-state index is 0.0878. The molecule has 0 spiro atoms. The second-order valence-electron chi connectivity index (χ2n) is 5.56. The van der Waals surface area contributed by atoms with Crippen molar-refractivity contribution in [1.29, 1.82) is 0 Å². The molecule has 1 aromatic carbocycles. The van der Waals surface area contributed by atoms with Crippen LogP contribution < -0.4 is 11.1 Å². The van der Waals surface area contributed by atoms with Gasteiger partial charge in [-0.1, -0.05) is 11.6 Å². The predicted molar refractivity (Wildman–Crippen MR) is 78.9 cm³/mol. The summed E-state index contributed by atoms with van der Waals surface area (Å²) >= 11 is 5.80. The predicted octanol–water partition coefficient (Wildman–Crippen LogP) is 4.13. The Morgan fingerprint density at radius 3 is 2.52 bits per heavy atom. The SMILES string of the molecule is CC(C)(C)OC(=O)Nc1cc(Cl)ccc1C(F)(F)CCN. The number of benzene rings is 1. The van der Waals surface area contributed by atoms with Crippen LogP contribution in [0.1, 0.15) is 32.8 Å². The van der Waals surface area contributed by atoms with Gasteiger partial charge in [0.05, 0.1) is 5.69 Å². The molecule has 118 valence electrons. The van der Waals surface area contributed by atoms with Gasteiger partial charge in [-0.15, -0.1) is 0 Å². The Morgan fingerprint density at radius 2 is 2.00 bits per heavy atom. The number of carbonyl (C=O) groups is 1. The highest BCUT2D eigenvalue weighted by atomic mass is 35.5. The number of carbonyl (C=O) groups excluding carboxylic acids is 1. The molecular weight excluding hydrogens is 302 g/mol. The lowest BCUT2D eigenvalue weighted by Gasteiger charge is -2.23. The Balaban J connectivity index is 3.06. The van der Waals surface area contributed by atoms with Crippen LogP contribution in [-0.2, 0) is 10.7 Å². The monoisotopic (exact) mass is 320 g/mol. The summed E-state index contributed by atoms with van der Waals surface area (Å²) in [6.07, 6.45) is -1.35. The molecule has 0 aliphatic heterocycles. The van der Waals surface area contributed by atoms with E-state index in [0.717, 1.165) is 0 Å². The maximum Gasteiger partial charge on any atom is 0.412 e. The van der Waals surface area contributed by atoms with E-state index in [0.29, 0.717) is 0 Å². The van der Waals surface area contributed by atoms with Crippen molar-refractivity contribution in [3.63, 3.8) is 0 Å². The molecule has 0 saturated heterocycles. The van der Waals surface area contributed by atoms with Gasteiger partial charge < -0.3 is 10.5 Å². The third-order valence-corrected chi connectivity index (χ3v) is 2.70. The van der Waals surface area contributed by atoms with Crippen molar-refractivity contribution < 1.29 is 18.3 Å². The quantitative estimate of drug-likeness (QED) is 0.876. The molecule has 0 fully saturated rings. The normalized spacial score (nSPS) is 12.1. The lowest BCUT2D eigenvalue weighted by molar-refractivity contribution is -0.00995. The fourth-order valence-electron chi connectivity index (χ4n) is 1.67. The van der Waals surface area contributed by atoms with Crippen LogP contribution in [0.3, 0.4) is 0 Å². The van der Waals surface area contributed by atoms with Gasteiger partial charge in [0, 0.05) is 17.0 Å². The van der Waals surface area contributed by atoms with E-state index < -0.39 is 24.0 Å². The number of hydrogen-bond donors (Lipinski definition) is 2. The average Bonchev–Trinajstić information content (AvgIpc) is 2.25. The number of nitrogens with two attached hydrogens (primary N) is 1. The first-order valence-corrected chi connectivity index (χ1v) is 6.81. The van der Waals surface area contributed by atoms with E-state index in [9.17, 15) is 13.6 Å². The number of nitrogens with one attached hydrogen (secondary N) is 1. The van der Waals surface area contributed by atoms with E-state index in [2.05, 4.69) is 5.32 Å². The van der Waals surface area contributed by atoms with Crippen molar-refractivity contribution in [1.82, 2.24) is 0 Å². The molecule has 0 aliphatic carbocycles. The number of halogens is 3. The summed E-state index contributed by atoms with van der Waals surface area (Å²) in [4.78, 5) is 11.7. The van der Waals surface area contributed by atoms with Crippen LogP contribution in [0.25, 0.3) is 0 Å². The molecule has 7 heteroatoms. The van der Waals surface area contributed by atoms with Crippen LogP contribution in [-0.4, -0.2) is 18.2 Å². The molecule has 21 heavy (non-hydrogen) atoms. The van der Waals surface area contributed by atoms with E-state index >= 15 is 0 Å². The van der Waals surface area contributed by atoms with E-state index in [-0.39, 0.29) is 22.8 Å². The number of amides is 1. The van der Waals surface area contributed by atoms with Gasteiger partial charge in [-0.2, -0.15) is 0 Å². The van der Waals surface area contributed by atoms with Gasteiger partial charge in [0.2, 0.25) is 0 Å². The Morgan fingerprint density at radius 1 is 1.38 bits per heavy atom. The summed E-state index contributed by atoms with van der Waals surface area (Å²) < 4.78 is 33.1. The van der Waals surface area contributed by atoms with E-state index in [1.165, 1.54) is 18.2 Å². The van der Waals surface area contributed by atoms with Gasteiger partial charge in [-0.3, -0.25) is 5.32 Å². The highest BCUT2D eigenvalue weighted by Crippen LogP contribution is 2.37. The zero-order valence-corrected chi connectivity index (χ0v) is 12.9. The average molecular weight is 321 g/mol. The lowest BCUT2D eigenvalue weighted by Crippen LogP contribution is -2.28. The van der Waals surface area contributed by atoms with Gasteiger partial charge >= 0.3 is 6.09 Å². The fourth-order valence-corrected chi connectivity index (χ4v) is 1.84. The van der Waals surface area contributed by atoms with Crippen molar-refractivity contribution in [3.8, 4) is 0 Å². The van der Waals surface area contributed by atoms with Crippen molar-refractivity contribution in [3.05, 3.63) is 28.8 Å². The van der Waals surface area contributed by atoms with Crippen LogP contribution in [0.5, 0.6) is 0 Å². The second kappa shape index (κ2) is 6.58. The van der Waals surface area contributed by atoms with Gasteiger partial charge in [0.15, 0.2) is 0 Å². The Kier molecular flexibility index (Phi) is 5.53. The summed E-state index contributed by atoms with van der Waals surface area (Å²) in [5.74, 6) is -3.16. The number of ether oxygens (including phenoxy) is 1. The smallest absolute Gasteiger partial charge is 0.412 e. The van der Waals surface area contributed by atoms with Crippen LogP contribution in [0.2, 0.25) is 5.02 Å². The van der Waals surface area contributed by atoms with Crippen LogP contribution in [0.15, 0.2) is 18.2 Å². The summed E-state index contributed by atoms with van der Waals surface area (Å²) in [7, 11) is 0. The zero-order valence-electron chi connectivity index (χ0n) is 12.2. The zero-order chi connectivity index (χ0) is 16.3. The Hall–Kier alpha value is -1.40. The van der Waals surface area contributed by atoms with Gasteiger partial charge in [0.1, 0.15) is 5.60 Å². The summed E-state index contributed by atoms with van der Waals surface area (Å²) in [5.41, 5.74) is 4.03. The molecule has 1 aromatic rings. The number of rotatable bonds is 4. The minimum Gasteiger partial charge on any atom is -0.444 e. The van der Waals surface area contributed by atoms with Crippen molar-refractivity contribution in [2.24, 2.45) is 5.73 Å². The Labute approximate surface area is 127 Å². The van der Waals surface area contributed by atoms with Crippen molar-refractivity contribution in [2.75, 3.05) is 11.9 Å². The molecule has 0 aliphatic rings. The number of anilines is 1. The van der Waals surface area contributed by atoms with Gasteiger partial charge in [-0.05, 0) is 45.5 Å². The molecule has 0 unspecified atom stereocenters. The number of hydrogen-bond acceptors (Lipinski definition) is 3. The fraction of sp³-hybridized carbons (Fsp3) is 0.500. The molecule has 0 bridgehead atoms. The summed E-state index contributed by atoms with van der Waals surface area (Å²) in [6.45, 7) is 4.85. The first-order valence-electron chi connectivity index (χ1n) is 6.43. The largest absolute Gasteiger partial charge is 0.444 e. The van der Waals surface area contributed by atoms with Gasteiger partial charge in [0.25, 0.3) is 5.92 Å². The van der Waals surface area contributed by atoms with Crippen molar-refractivity contribution >= 4 is 23.4 Å². The first-order chi connectivity index (χ1) is 9.55. The summed E-state index contributed by atoms with van der Waals surface area (Å²) in [5, 5.41) is 2.54. The van der Waals surface area contributed by atoms with Crippen molar-refractivity contribution in [2.45, 2.75) is 38.7 Å². The molecule has 0 saturated carbocycles. The molecule has 1 rings (SSSR count). The first kappa shape index (κ1) is 17.7.